The SMILES string of the molecule is COc1cc2cccc(Oc3ccc(CC(=O)CC(=O)Cc4cc(F)ccc4F)cc3F)c2cc1OC. The zero-order valence-corrected chi connectivity index (χ0v) is 20.1. The maximum atomic E-state index is 14.9. The fraction of sp³-hybridized carbons (Fsp3) is 0.172. The third kappa shape index (κ3) is 6.09. The van der Waals surface area contributed by atoms with Crippen molar-refractivity contribution in [3.05, 3.63) is 95.3 Å². The maximum Gasteiger partial charge on any atom is 0.166 e. The van der Waals surface area contributed by atoms with Gasteiger partial charge in [-0.25, -0.2) is 13.2 Å². The summed E-state index contributed by atoms with van der Waals surface area (Å²) in [4.78, 5) is 24.5. The molecular weight excluding hydrogens is 485 g/mol. The molecule has 37 heavy (non-hydrogen) atoms. The van der Waals surface area contributed by atoms with Crippen molar-refractivity contribution < 1.29 is 37.0 Å². The van der Waals surface area contributed by atoms with Gasteiger partial charge in [-0.1, -0.05) is 18.2 Å². The van der Waals surface area contributed by atoms with Crippen LogP contribution in [0.3, 0.4) is 0 Å². The van der Waals surface area contributed by atoms with E-state index in [4.69, 9.17) is 14.2 Å². The Balaban J connectivity index is 1.44. The first-order valence-corrected chi connectivity index (χ1v) is 11.4. The summed E-state index contributed by atoms with van der Waals surface area (Å²) in [6.45, 7) is 0. The highest BCUT2D eigenvalue weighted by Gasteiger charge is 2.16. The quantitative estimate of drug-likeness (QED) is 0.233. The molecule has 0 amide bonds. The predicted octanol–water partition coefficient (Wildman–Crippen LogP) is 6.38. The van der Waals surface area contributed by atoms with Gasteiger partial charge in [0.15, 0.2) is 23.1 Å². The number of hydrogen-bond acceptors (Lipinski definition) is 5. The van der Waals surface area contributed by atoms with Crippen molar-refractivity contribution in [3.8, 4) is 23.0 Å². The molecule has 0 spiro atoms. The van der Waals surface area contributed by atoms with Crippen LogP contribution < -0.4 is 14.2 Å². The molecule has 0 aliphatic carbocycles. The molecule has 190 valence electrons. The molecule has 0 aromatic heterocycles. The molecule has 0 N–H and O–H groups in total. The molecule has 0 unspecified atom stereocenters. The number of carbonyl (C=O) groups is 2. The Morgan fingerprint density at radius 2 is 1.43 bits per heavy atom. The fourth-order valence-electron chi connectivity index (χ4n) is 3.98. The number of rotatable bonds is 10. The third-order valence-electron chi connectivity index (χ3n) is 5.75. The first kappa shape index (κ1) is 25.8. The molecule has 4 aromatic rings. The van der Waals surface area contributed by atoms with Gasteiger partial charge in [0.1, 0.15) is 29.0 Å². The van der Waals surface area contributed by atoms with Gasteiger partial charge in [0, 0.05) is 18.2 Å². The van der Waals surface area contributed by atoms with Gasteiger partial charge in [0.25, 0.3) is 0 Å². The van der Waals surface area contributed by atoms with E-state index in [1.165, 1.54) is 32.4 Å². The van der Waals surface area contributed by atoms with Crippen molar-refractivity contribution >= 4 is 22.3 Å². The zero-order chi connectivity index (χ0) is 26.5. The lowest BCUT2D eigenvalue weighted by atomic mass is 10.0. The number of carbonyl (C=O) groups excluding carboxylic acids is 2. The standard InChI is InChI=1S/C29H23F3O5/c1-35-28-14-18-4-3-5-26(23(18)16-29(28)36-2)37-27-9-6-17(11-25(27)32)10-21(33)15-22(34)13-19-12-20(30)7-8-24(19)31/h3-9,11-12,14,16H,10,13,15H2,1-2H3. The van der Waals surface area contributed by atoms with Crippen LogP contribution in [0, 0.1) is 17.5 Å². The summed E-state index contributed by atoms with van der Waals surface area (Å²) in [7, 11) is 3.05. The van der Waals surface area contributed by atoms with E-state index in [0.717, 1.165) is 23.6 Å². The molecule has 0 saturated heterocycles. The Kier molecular flexibility index (Phi) is 7.77. The summed E-state index contributed by atoms with van der Waals surface area (Å²) < 4.78 is 58.4. The van der Waals surface area contributed by atoms with Crippen molar-refractivity contribution in [1.82, 2.24) is 0 Å². The van der Waals surface area contributed by atoms with Gasteiger partial charge in [0.2, 0.25) is 0 Å². The van der Waals surface area contributed by atoms with Crippen molar-refractivity contribution in [2.75, 3.05) is 14.2 Å². The summed E-state index contributed by atoms with van der Waals surface area (Å²) in [5.41, 5.74) is 0.235. The van der Waals surface area contributed by atoms with Gasteiger partial charge in [-0.3, -0.25) is 9.59 Å². The Hall–Kier alpha value is -4.33. The van der Waals surface area contributed by atoms with Crippen LogP contribution in [0.1, 0.15) is 17.5 Å². The predicted molar refractivity (Wildman–Crippen MR) is 132 cm³/mol. The summed E-state index contributed by atoms with van der Waals surface area (Å²) in [6, 6.07) is 15.7. The molecule has 0 aliphatic rings. The maximum absolute atomic E-state index is 14.9. The highest BCUT2D eigenvalue weighted by Crippen LogP contribution is 2.38. The molecule has 5 nitrogen and oxygen atoms in total. The lowest BCUT2D eigenvalue weighted by Crippen LogP contribution is -2.13. The number of fused-ring (bicyclic) bond motifs is 1. The van der Waals surface area contributed by atoms with Crippen molar-refractivity contribution in [1.29, 1.82) is 0 Å². The van der Waals surface area contributed by atoms with Gasteiger partial charge < -0.3 is 14.2 Å². The van der Waals surface area contributed by atoms with Gasteiger partial charge in [-0.2, -0.15) is 0 Å². The van der Waals surface area contributed by atoms with Crippen LogP contribution >= 0.6 is 0 Å². The van der Waals surface area contributed by atoms with E-state index < -0.39 is 41.9 Å². The molecule has 0 bridgehead atoms. The zero-order valence-electron chi connectivity index (χ0n) is 20.1. The number of Topliss-reactive ketones (excluding diaryl/α,β-unsaturated/α-hetero) is 2. The van der Waals surface area contributed by atoms with E-state index in [9.17, 15) is 22.8 Å². The van der Waals surface area contributed by atoms with Crippen LogP contribution in [0.5, 0.6) is 23.0 Å². The van der Waals surface area contributed by atoms with E-state index in [1.54, 1.807) is 24.3 Å². The number of hydrogen-bond donors (Lipinski definition) is 0. The molecule has 0 saturated carbocycles. The second-order valence-electron chi connectivity index (χ2n) is 8.39. The van der Waals surface area contributed by atoms with E-state index in [0.29, 0.717) is 28.2 Å². The molecule has 0 atom stereocenters. The van der Waals surface area contributed by atoms with Crippen LogP contribution in [-0.2, 0) is 22.4 Å². The molecule has 4 rings (SSSR count). The Morgan fingerprint density at radius 1 is 0.703 bits per heavy atom. The molecule has 0 aliphatic heterocycles. The largest absolute Gasteiger partial charge is 0.493 e. The normalized spacial score (nSPS) is 10.8. The van der Waals surface area contributed by atoms with Crippen LogP contribution in [-0.4, -0.2) is 25.8 Å². The summed E-state index contributed by atoms with van der Waals surface area (Å²) >= 11 is 0. The fourth-order valence-corrected chi connectivity index (χ4v) is 3.98. The number of ketones is 2. The molecule has 0 radical (unpaired) electrons. The van der Waals surface area contributed by atoms with Crippen LogP contribution in [0.15, 0.2) is 66.7 Å². The van der Waals surface area contributed by atoms with Crippen LogP contribution in [0.2, 0.25) is 0 Å². The third-order valence-corrected chi connectivity index (χ3v) is 5.75. The van der Waals surface area contributed by atoms with Gasteiger partial charge in [0.05, 0.1) is 20.6 Å². The molecular formula is C29H23F3O5. The Labute approximate surface area is 211 Å². The topological polar surface area (TPSA) is 61.8 Å². The van der Waals surface area contributed by atoms with E-state index in [-0.39, 0.29) is 17.7 Å². The monoisotopic (exact) mass is 508 g/mol. The van der Waals surface area contributed by atoms with E-state index >= 15 is 0 Å². The van der Waals surface area contributed by atoms with Gasteiger partial charge >= 0.3 is 0 Å². The number of ether oxygens (including phenoxy) is 3. The smallest absolute Gasteiger partial charge is 0.166 e. The summed E-state index contributed by atoms with van der Waals surface area (Å²) in [5, 5.41) is 1.49. The molecule has 8 heteroatoms. The lowest BCUT2D eigenvalue weighted by molar-refractivity contribution is -0.126. The average molecular weight is 508 g/mol. The van der Waals surface area contributed by atoms with Crippen molar-refractivity contribution in [2.24, 2.45) is 0 Å². The second-order valence-corrected chi connectivity index (χ2v) is 8.39. The number of methoxy groups -OCH3 is 2. The van der Waals surface area contributed by atoms with Crippen molar-refractivity contribution in [3.63, 3.8) is 0 Å². The highest BCUT2D eigenvalue weighted by molar-refractivity contribution is 6.00. The minimum absolute atomic E-state index is 0.0452. The van der Waals surface area contributed by atoms with Crippen LogP contribution in [0.25, 0.3) is 10.8 Å². The molecule has 4 aromatic carbocycles. The minimum atomic E-state index is -0.719. The van der Waals surface area contributed by atoms with Crippen LogP contribution in [0.4, 0.5) is 13.2 Å². The minimum Gasteiger partial charge on any atom is -0.493 e. The number of benzene rings is 4. The first-order valence-electron chi connectivity index (χ1n) is 11.4. The Bertz CT molecular complexity index is 1480. The lowest BCUT2D eigenvalue weighted by Gasteiger charge is -2.13. The summed E-state index contributed by atoms with van der Waals surface area (Å²) in [6.07, 6.45) is -1.07. The van der Waals surface area contributed by atoms with E-state index in [2.05, 4.69) is 0 Å². The first-order chi connectivity index (χ1) is 17.8. The molecule has 0 heterocycles. The second kappa shape index (κ2) is 11.2. The highest BCUT2D eigenvalue weighted by atomic mass is 19.1. The Morgan fingerprint density at radius 3 is 2.16 bits per heavy atom. The van der Waals surface area contributed by atoms with Gasteiger partial charge in [-0.15, -0.1) is 0 Å². The van der Waals surface area contributed by atoms with E-state index in [1.807, 2.05) is 6.07 Å². The number of halogens is 3. The van der Waals surface area contributed by atoms with Gasteiger partial charge in [-0.05, 0) is 65.0 Å². The summed E-state index contributed by atoms with van der Waals surface area (Å²) in [5.74, 6) is -1.70. The van der Waals surface area contributed by atoms with Crippen molar-refractivity contribution in [2.45, 2.75) is 19.3 Å². The molecule has 0 fully saturated rings. The average Bonchev–Trinajstić information content (AvgIpc) is 2.87.